The molecule has 0 saturated carbocycles. The highest BCUT2D eigenvalue weighted by molar-refractivity contribution is 5.94. The summed E-state index contributed by atoms with van der Waals surface area (Å²) in [4.78, 5) is 14.1. The van der Waals surface area contributed by atoms with E-state index in [0.717, 1.165) is 18.9 Å². The first kappa shape index (κ1) is 16.4. The SMILES string of the molecule is CCC(CC)N(CCOC)C(=O)c1ccc(O)cc1F. The maximum Gasteiger partial charge on any atom is 0.257 e. The number of methoxy groups -OCH3 is 1. The smallest absolute Gasteiger partial charge is 0.257 e. The monoisotopic (exact) mass is 283 g/mol. The van der Waals surface area contributed by atoms with E-state index in [1.54, 1.807) is 12.0 Å². The van der Waals surface area contributed by atoms with E-state index >= 15 is 0 Å². The van der Waals surface area contributed by atoms with E-state index in [2.05, 4.69) is 0 Å². The van der Waals surface area contributed by atoms with E-state index in [1.165, 1.54) is 12.1 Å². The quantitative estimate of drug-likeness (QED) is 0.837. The van der Waals surface area contributed by atoms with Gasteiger partial charge in [0.2, 0.25) is 0 Å². The van der Waals surface area contributed by atoms with Gasteiger partial charge in [0.05, 0.1) is 12.2 Å². The van der Waals surface area contributed by atoms with Crippen LogP contribution in [-0.4, -0.2) is 42.2 Å². The molecule has 0 aliphatic heterocycles. The van der Waals surface area contributed by atoms with Crippen LogP contribution in [0, 0.1) is 5.82 Å². The third-order valence-electron chi connectivity index (χ3n) is 3.36. The summed E-state index contributed by atoms with van der Waals surface area (Å²) < 4.78 is 18.8. The Balaban J connectivity index is 3.02. The number of hydrogen-bond acceptors (Lipinski definition) is 3. The van der Waals surface area contributed by atoms with E-state index in [-0.39, 0.29) is 23.3 Å². The van der Waals surface area contributed by atoms with E-state index in [4.69, 9.17) is 4.74 Å². The number of nitrogens with zero attached hydrogens (tertiary/aromatic N) is 1. The van der Waals surface area contributed by atoms with Gasteiger partial charge in [0.25, 0.3) is 5.91 Å². The van der Waals surface area contributed by atoms with Crippen molar-refractivity contribution in [2.45, 2.75) is 32.7 Å². The molecule has 1 aromatic rings. The molecule has 0 bridgehead atoms. The van der Waals surface area contributed by atoms with Crippen molar-refractivity contribution in [3.05, 3.63) is 29.6 Å². The summed E-state index contributed by atoms with van der Waals surface area (Å²) in [6, 6.07) is 3.63. The van der Waals surface area contributed by atoms with Crippen LogP contribution in [-0.2, 0) is 4.74 Å². The average Bonchev–Trinajstić information content (AvgIpc) is 2.43. The number of ether oxygens (including phenoxy) is 1. The lowest BCUT2D eigenvalue weighted by molar-refractivity contribution is 0.0585. The average molecular weight is 283 g/mol. The van der Waals surface area contributed by atoms with Crippen molar-refractivity contribution in [1.29, 1.82) is 0 Å². The number of carbonyl (C=O) groups is 1. The molecule has 1 N–H and O–H groups in total. The van der Waals surface area contributed by atoms with Crippen molar-refractivity contribution in [2.24, 2.45) is 0 Å². The van der Waals surface area contributed by atoms with Crippen LogP contribution in [0.3, 0.4) is 0 Å². The summed E-state index contributed by atoms with van der Waals surface area (Å²) in [5, 5.41) is 9.22. The molecule has 112 valence electrons. The molecule has 0 radical (unpaired) electrons. The zero-order chi connectivity index (χ0) is 15.1. The largest absolute Gasteiger partial charge is 0.508 e. The second-order valence-electron chi connectivity index (χ2n) is 4.63. The van der Waals surface area contributed by atoms with Gasteiger partial charge in [-0.3, -0.25) is 4.79 Å². The summed E-state index contributed by atoms with van der Waals surface area (Å²) in [5.74, 6) is -1.26. The van der Waals surface area contributed by atoms with Crippen molar-refractivity contribution < 1.29 is 19.0 Å². The number of hydrogen-bond donors (Lipinski definition) is 1. The van der Waals surface area contributed by atoms with Gasteiger partial charge in [-0.15, -0.1) is 0 Å². The summed E-state index contributed by atoms with van der Waals surface area (Å²) in [6.07, 6.45) is 1.59. The van der Waals surface area contributed by atoms with Crippen LogP contribution in [0.2, 0.25) is 0 Å². The molecule has 0 aromatic heterocycles. The Morgan fingerprint density at radius 3 is 2.55 bits per heavy atom. The maximum absolute atomic E-state index is 13.8. The predicted octanol–water partition coefficient (Wildman–Crippen LogP) is 2.81. The van der Waals surface area contributed by atoms with Crippen molar-refractivity contribution in [2.75, 3.05) is 20.3 Å². The standard InChI is InChI=1S/C15H22FNO3/c1-4-11(5-2)17(8-9-20-3)15(19)13-7-6-12(18)10-14(13)16/h6-7,10-11,18H,4-5,8-9H2,1-3H3. The van der Waals surface area contributed by atoms with E-state index in [0.29, 0.717) is 13.2 Å². The highest BCUT2D eigenvalue weighted by Crippen LogP contribution is 2.19. The van der Waals surface area contributed by atoms with E-state index < -0.39 is 5.82 Å². The number of benzene rings is 1. The third-order valence-corrected chi connectivity index (χ3v) is 3.36. The number of aromatic hydroxyl groups is 1. The number of phenols is 1. The first-order chi connectivity index (χ1) is 9.54. The maximum atomic E-state index is 13.8. The Hall–Kier alpha value is -1.62. The zero-order valence-corrected chi connectivity index (χ0v) is 12.2. The lowest BCUT2D eigenvalue weighted by atomic mass is 10.1. The Morgan fingerprint density at radius 1 is 1.40 bits per heavy atom. The Bertz CT molecular complexity index is 447. The Kier molecular flexibility index (Phi) is 6.45. The van der Waals surface area contributed by atoms with Gasteiger partial charge in [-0.2, -0.15) is 0 Å². The fraction of sp³-hybridized carbons (Fsp3) is 0.533. The minimum absolute atomic E-state index is 0.0224. The highest BCUT2D eigenvalue weighted by atomic mass is 19.1. The fourth-order valence-electron chi connectivity index (χ4n) is 2.20. The summed E-state index contributed by atoms with van der Waals surface area (Å²) >= 11 is 0. The van der Waals surface area contributed by atoms with Crippen molar-refractivity contribution in [3.8, 4) is 5.75 Å². The number of halogens is 1. The van der Waals surface area contributed by atoms with Gasteiger partial charge in [0.15, 0.2) is 0 Å². The van der Waals surface area contributed by atoms with Crippen LogP contribution in [0.5, 0.6) is 5.75 Å². The molecule has 1 amide bonds. The van der Waals surface area contributed by atoms with Gasteiger partial charge in [0, 0.05) is 25.8 Å². The third kappa shape index (κ3) is 3.93. The van der Waals surface area contributed by atoms with Gasteiger partial charge in [0.1, 0.15) is 11.6 Å². The van der Waals surface area contributed by atoms with Crippen LogP contribution in [0.4, 0.5) is 4.39 Å². The molecule has 4 nitrogen and oxygen atoms in total. The summed E-state index contributed by atoms with van der Waals surface area (Å²) in [5.41, 5.74) is -0.0224. The van der Waals surface area contributed by atoms with Crippen LogP contribution < -0.4 is 0 Å². The molecular formula is C15H22FNO3. The van der Waals surface area contributed by atoms with Crippen LogP contribution in [0.15, 0.2) is 18.2 Å². The number of carbonyl (C=O) groups excluding carboxylic acids is 1. The number of amides is 1. The fourth-order valence-corrected chi connectivity index (χ4v) is 2.20. The molecule has 0 atom stereocenters. The van der Waals surface area contributed by atoms with Crippen LogP contribution >= 0.6 is 0 Å². The molecule has 0 fully saturated rings. The van der Waals surface area contributed by atoms with E-state index in [1.807, 2.05) is 13.8 Å². The van der Waals surface area contributed by atoms with E-state index in [9.17, 15) is 14.3 Å². The molecule has 1 aromatic carbocycles. The van der Waals surface area contributed by atoms with Crippen molar-refractivity contribution in [1.82, 2.24) is 4.90 Å². The minimum atomic E-state index is -0.705. The summed E-state index contributed by atoms with van der Waals surface area (Å²) in [7, 11) is 1.57. The van der Waals surface area contributed by atoms with Crippen molar-refractivity contribution in [3.63, 3.8) is 0 Å². The second kappa shape index (κ2) is 7.85. The van der Waals surface area contributed by atoms with Crippen LogP contribution in [0.1, 0.15) is 37.0 Å². The molecule has 0 spiro atoms. The van der Waals surface area contributed by atoms with Gasteiger partial charge < -0.3 is 14.7 Å². The predicted molar refractivity (Wildman–Crippen MR) is 75.3 cm³/mol. The first-order valence-electron chi connectivity index (χ1n) is 6.83. The summed E-state index contributed by atoms with van der Waals surface area (Å²) in [6.45, 7) is 4.81. The normalized spacial score (nSPS) is 10.8. The molecular weight excluding hydrogens is 261 g/mol. The molecule has 0 aliphatic carbocycles. The molecule has 0 unspecified atom stereocenters. The van der Waals surface area contributed by atoms with Crippen molar-refractivity contribution >= 4 is 5.91 Å². The molecule has 1 rings (SSSR count). The van der Waals surface area contributed by atoms with Crippen LogP contribution in [0.25, 0.3) is 0 Å². The lowest BCUT2D eigenvalue weighted by Crippen LogP contribution is -2.42. The molecule has 5 heteroatoms. The number of phenolic OH excluding ortho intramolecular Hbond substituents is 1. The van der Waals surface area contributed by atoms with Gasteiger partial charge in [-0.05, 0) is 25.0 Å². The van der Waals surface area contributed by atoms with Gasteiger partial charge in [-0.25, -0.2) is 4.39 Å². The highest BCUT2D eigenvalue weighted by Gasteiger charge is 2.24. The Morgan fingerprint density at radius 2 is 2.05 bits per heavy atom. The van der Waals surface area contributed by atoms with Gasteiger partial charge >= 0.3 is 0 Å². The Labute approximate surface area is 119 Å². The lowest BCUT2D eigenvalue weighted by Gasteiger charge is -2.30. The molecule has 20 heavy (non-hydrogen) atoms. The number of rotatable bonds is 7. The minimum Gasteiger partial charge on any atom is -0.508 e. The first-order valence-corrected chi connectivity index (χ1v) is 6.83. The molecule has 0 aliphatic rings. The molecule has 0 heterocycles. The van der Waals surface area contributed by atoms with Gasteiger partial charge in [-0.1, -0.05) is 13.8 Å². The topological polar surface area (TPSA) is 49.8 Å². The molecule has 0 saturated heterocycles. The zero-order valence-electron chi connectivity index (χ0n) is 12.2. The second-order valence-corrected chi connectivity index (χ2v) is 4.63.